The molecule has 8 nitrogen and oxygen atoms in total. The molecule has 0 radical (unpaired) electrons. The van der Waals surface area contributed by atoms with Gasteiger partial charge in [0.25, 0.3) is 5.91 Å². The van der Waals surface area contributed by atoms with E-state index in [1.165, 1.54) is 17.7 Å². The van der Waals surface area contributed by atoms with Crippen molar-refractivity contribution in [2.75, 3.05) is 19.8 Å². The Labute approximate surface area is 205 Å². The number of benzene rings is 1. The topological polar surface area (TPSA) is 97.0 Å². The van der Waals surface area contributed by atoms with Gasteiger partial charge in [0.05, 0.1) is 18.8 Å². The van der Waals surface area contributed by atoms with E-state index in [4.69, 9.17) is 9.47 Å². The van der Waals surface area contributed by atoms with Crippen LogP contribution >= 0.6 is 0 Å². The third kappa shape index (κ3) is 6.08. The highest BCUT2D eigenvalue weighted by Crippen LogP contribution is 2.30. The summed E-state index contributed by atoms with van der Waals surface area (Å²) < 4.78 is 25.2. The zero-order valence-corrected chi connectivity index (χ0v) is 20.8. The van der Waals surface area contributed by atoms with E-state index >= 15 is 0 Å². The molecule has 192 valence electrons. The summed E-state index contributed by atoms with van der Waals surface area (Å²) >= 11 is 0. The summed E-state index contributed by atoms with van der Waals surface area (Å²) in [6.45, 7) is 8.78. The number of nitrogens with zero attached hydrogens (tertiary/aromatic N) is 1. The lowest BCUT2D eigenvalue weighted by Crippen LogP contribution is -2.52. The van der Waals surface area contributed by atoms with Crippen LogP contribution in [0, 0.1) is 12.7 Å². The van der Waals surface area contributed by atoms with E-state index in [0.29, 0.717) is 28.8 Å². The van der Waals surface area contributed by atoms with E-state index in [-0.39, 0.29) is 36.8 Å². The molecule has 0 saturated carbocycles. The van der Waals surface area contributed by atoms with Crippen LogP contribution in [-0.2, 0) is 25.6 Å². The van der Waals surface area contributed by atoms with Gasteiger partial charge in [-0.3, -0.25) is 19.7 Å². The fraction of sp³-hybridized carbons (Fsp3) is 0.654. The fourth-order valence-electron chi connectivity index (χ4n) is 5.30. The van der Waals surface area contributed by atoms with Gasteiger partial charge in [-0.2, -0.15) is 0 Å². The maximum absolute atomic E-state index is 14.0. The summed E-state index contributed by atoms with van der Waals surface area (Å²) in [4.78, 5) is 36.6. The van der Waals surface area contributed by atoms with Gasteiger partial charge >= 0.3 is 0 Å². The van der Waals surface area contributed by atoms with Crippen LogP contribution in [0.15, 0.2) is 12.1 Å². The van der Waals surface area contributed by atoms with Gasteiger partial charge in [0, 0.05) is 42.8 Å². The number of ether oxygens (including phenoxy) is 2. The van der Waals surface area contributed by atoms with Crippen LogP contribution in [-0.4, -0.2) is 66.2 Å². The van der Waals surface area contributed by atoms with Crippen molar-refractivity contribution in [3.05, 3.63) is 34.6 Å². The Kier molecular flexibility index (Phi) is 7.88. The summed E-state index contributed by atoms with van der Waals surface area (Å²) in [7, 11) is 0. The number of nitrogens with one attached hydrogen (secondary N) is 2. The van der Waals surface area contributed by atoms with Gasteiger partial charge in [-0.15, -0.1) is 0 Å². The third-order valence-corrected chi connectivity index (χ3v) is 7.17. The van der Waals surface area contributed by atoms with Crippen LogP contribution in [0.5, 0.6) is 0 Å². The minimum absolute atomic E-state index is 0.0471. The average molecular weight is 490 g/mol. The quantitative estimate of drug-likeness (QED) is 0.634. The summed E-state index contributed by atoms with van der Waals surface area (Å²) in [6.07, 6.45) is 5.19. The number of imide groups is 1. The van der Waals surface area contributed by atoms with Gasteiger partial charge in [-0.05, 0) is 64.5 Å². The van der Waals surface area contributed by atoms with Crippen molar-refractivity contribution in [3.8, 4) is 0 Å². The minimum Gasteiger partial charge on any atom is -0.380 e. The Morgan fingerprint density at radius 3 is 2.60 bits per heavy atom. The number of carbonyl (C=O) groups is 3. The maximum atomic E-state index is 14.0. The van der Waals surface area contributed by atoms with Crippen LogP contribution in [0.25, 0.3) is 0 Å². The zero-order chi connectivity index (χ0) is 25.2. The maximum Gasteiger partial charge on any atom is 0.255 e. The molecule has 0 bridgehead atoms. The Bertz CT molecular complexity index is 976. The van der Waals surface area contributed by atoms with Crippen molar-refractivity contribution >= 4 is 17.7 Å². The lowest BCUT2D eigenvalue weighted by Gasteiger charge is -2.38. The van der Waals surface area contributed by atoms with Gasteiger partial charge in [0.15, 0.2) is 0 Å². The minimum atomic E-state index is -0.702. The highest BCUT2D eigenvalue weighted by Gasteiger charge is 2.40. The van der Waals surface area contributed by atoms with Crippen LogP contribution < -0.4 is 10.6 Å². The second kappa shape index (κ2) is 10.7. The summed E-state index contributed by atoms with van der Waals surface area (Å²) in [5, 5.41) is 5.92. The molecular weight excluding hydrogens is 453 g/mol. The first-order valence-electron chi connectivity index (χ1n) is 12.5. The van der Waals surface area contributed by atoms with Gasteiger partial charge in [-0.25, -0.2) is 4.39 Å². The molecule has 3 amide bonds. The van der Waals surface area contributed by atoms with Crippen molar-refractivity contribution in [1.82, 2.24) is 15.5 Å². The van der Waals surface area contributed by atoms with Gasteiger partial charge in [0.1, 0.15) is 11.9 Å². The number of halogens is 1. The molecule has 5 rings (SSSR count). The Balaban J connectivity index is 0.000000172. The first kappa shape index (κ1) is 25.7. The molecule has 9 heteroatoms. The smallest absolute Gasteiger partial charge is 0.255 e. The molecule has 2 N–H and O–H groups in total. The lowest BCUT2D eigenvalue weighted by molar-refractivity contribution is -0.136. The van der Waals surface area contributed by atoms with E-state index in [1.54, 1.807) is 19.1 Å². The van der Waals surface area contributed by atoms with Crippen molar-refractivity contribution in [2.24, 2.45) is 0 Å². The van der Waals surface area contributed by atoms with Crippen LogP contribution in [0.2, 0.25) is 0 Å². The second-order valence-corrected chi connectivity index (χ2v) is 10.5. The fourth-order valence-corrected chi connectivity index (χ4v) is 5.30. The third-order valence-electron chi connectivity index (χ3n) is 7.17. The van der Waals surface area contributed by atoms with Gasteiger partial charge in [-0.1, -0.05) is 6.07 Å². The van der Waals surface area contributed by atoms with Crippen molar-refractivity contribution < 1.29 is 28.2 Å². The number of rotatable bonds is 3. The molecule has 0 aromatic heterocycles. The molecule has 1 aromatic carbocycles. The first-order chi connectivity index (χ1) is 16.6. The predicted octanol–water partition coefficient (Wildman–Crippen LogP) is 2.61. The summed E-state index contributed by atoms with van der Waals surface area (Å²) in [5.74, 6) is -1.57. The number of hydrogen-bond acceptors (Lipinski definition) is 6. The lowest BCUT2D eigenvalue weighted by atomic mass is 9.93. The molecule has 35 heavy (non-hydrogen) atoms. The first-order valence-corrected chi connectivity index (χ1v) is 12.5. The van der Waals surface area contributed by atoms with E-state index in [0.717, 1.165) is 32.7 Å². The Morgan fingerprint density at radius 1 is 1.11 bits per heavy atom. The number of hydrogen-bond donors (Lipinski definition) is 2. The number of fused-ring (bicyclic) bond motifs is 1. The molecule has 3 atom stereocenters. The number of piperidine rings is 1. The standard InChI is InChI=1S/C14H13FN2O3.C12H23NO2/c1-7-2-3-8-9(12(7)15)6-17(14(8)20)10-4-5-11(18)16-13(10)19;1-12(2)8-10(5-7-15-12)13-11-4-3-6-14-9-11/h2-3,10H,4-6H2,1H3,(H,16,18,19);10-11,13H,3-9H2,1-2H3. The molecule has 0 aliphatic carbocycles. The predicted molar refractivity (Wildman–Crippen MR) is 127 cm³/mol. The molecule has 0 spiro atoms. The number of amides is 3. The highest BCUT2D eigenvalue weighted by atomic mass is 19.1. The van der Waals surface area contributed by atoms with E-state index in [2.05, 4.69) is 24.5 Å². The van der Waals surface area contributed by atoms with Crippen molar-refractivity contribution in [3.63, 3.8) is 0 Å². The van der Waals surface area contributed by atoms with Crippen LogP contribution in [0.1, 0.15) is 73.9 Å². The molecule has 3 saturated heterocycles. The van der Waals surface area contributed by atoms with Crippen molar-refractivity contribution in [2.45, 2.75) is 89.6 Å². The van der Waals surface area contributed by atoms with Gasteiger partial charge < -0.3 is 19.7 Å². The molecular formula is C26H36FN3O5. The monoisotopic (exact) mass is 489 g/mol. The van der Waals surface area contributed by atoms with Crippen LogP contribution in [0.3, 0.4) is 0 Å². The number of aryl methyl sites for hydroxylation is 1. The molecule has 4 heterocycles. The SMILES string of the molecule is CC1(C)CC(NC2CCCOC2)CCO1.Cc1ccc2c(c1F)CN(C1CCC(=O)NC1=O)C2=O. The largest absolute Gasteiger partial charge is 0.380 e. The van der Waals surface area contributed by atoms with E-state index < -0.39 is 17.8 Å². The Hall–Kier alpha value is -2.36. The zero-order valence-electron chi connectivity index (χ0n) is 20.8. The van der Waals surface area contributed by atoms with E-state index in [1.807, 2.05) is 0 Å². The van der Waals surface area contributed by atoms with E-state index in [9.17, 15) is 18.8 Å². The summed E-state index contributed by atoms with van der Waals surface area (Å²) in [5.41, 5.74) is 1.16. The second-order valence-electron chi connectivity index (χ2n) is 10.5. The highest BCUT2D eigenvalue weighted by molar-refractivity contribution is 6.05. The Morgan fingerprint density at radius 2 is 1.91 bits per heavy atom. The normalized spacial score (nSPS) is 28.2. The average Bonchev–Trinajstić information content (AvgIpc) is 3.14. The summed E-state index contributed by atoms with van der Waals surface area (Å²) in [6, 6.07) is 3.62. The molecule has 4 aliphatic rings. The molecule has 1 aromatic rings. The number of carbonyl (C=O) groups excluding carboxylic acids is 3. The molecule has 3 fully saturated rings. The molecule has 3 unspecified atom stereocenters. The van der Waals surface area contributed by atoms with Crippen molar-refractivity contribution in [1.29, 1.82) is 0 Å². The molecule has 4 aliphatic heterocycles. The van der Waals surface area contributed by atoms with Crippen LogP contribution in [0.4, 0.5) is 4.39 Å². The van der Waals surface area contributed by atoms with Gasteiger partial charge in [0.2, 0.25) is 11.8 Å².